The third-order valence-electron chi connectivity index (χ3n) is 5.32. The Hall–Kier alpha value is -2.03. The van der Waals surface area contributed by atoms with Crippen molar-refractivity contribution in [2.45, 2.75) is 24.3 Å². The maximum atomic E-state index is 12.2. The summed E-state index contributed by atoms with van der Waals surface area (Å²) >= 11 is 1.70. The number of rotatable bonds is 10. The molecule has 1 aromatic carbocycles. The fourth-order valence-electron chi connectivity index (χ4n) is 3.65. The number of hydrogen-bond donors (Lipinski definition) is 1. The lowest BCUT2D eigenvalue weighted by Crippen LogP contribution is -2.28. The predicted molar refractivity (Wildman–Crippen MR) is 149 cm³/mol. The van der Waals surface area contributed by atoms with E-state index >= 15 is 0 Å². The van der Waals surface area contributed by atoms with Gasteiger partial charge in [-0.25, -0.2) is 0 Å². The Labute approximate surface area is 229 Å². The van der Waals surface area contributed by atoms with Crippen molar-refractivity contribution < 1.29 is 9.53 Å². The number of carbonyl (C=O) groups excluding carboxylic acids is 1. The molecule has 1 aliphatic rings. The Morgan fingerprint density at radius 3 is 2.57 bits per heavy atom. The molecule has 3 aromatic rings. The van der Waals surface area contributed by atoms with E-state index in [0.717, 1.165) is 48.9 Å². The molecule has 190 valence electrons. The number of ether oxygens (including phenoxy) is 1. The molecule has 0 spiro atoms. The SMILES string of the molecule is Cl.Cl.Cl.O=C1NCCSc2ccc(OCCCN(CCc3cccnc3)Cc3ccncc3)cc21. The van der Waals surface area contributed by atoms with Crippen LogP contribution in [0.2, 0.25) is 0 Å². The molecule has 10 heteroatoms. The van der Waals surface area contributed by atoms with Gasteiger partial charge in [0.1, 0.15) is 5.75 Å². The molecule has 0 saturated heterocycles. The number of pyridine rings is 2. The van der Waals surface area contributed by atoms with Gasteiger partial charge in [0.25, 0.3) is 5.91 Å². The van der Waals surface area contributed by atoms with E-state index in [4.69, 9.17) is 4.74 Å². The highest BCUT2D eigenvalue weighted by molar-refractivity contribution is 7.99. The van der Waals surface area contributed by atoms with Crippen LogP contribution in [-0.4, -0.2) is 52.8 Å². The number of nitrogens with one attached hydrogen (secondary N) is 1. The van der Waals surface area contributed by atoms with Crippen molar-refractivity contribution in [3.8, 4) is 5.75 Å². The van der Waals surface area contributed by atoms with Gasteiger partial charge >= 0.3 is 0 Å². The minimum atomic E-state index is -0.0191. The van der Waals surface area contributed by atoms with Crippen LogP contribution in [0.5, 0.6) is 5.75 Å². The van der Waals surface area contributed by atoms with Crippen LogP contribution in [0.4, 0.5) is 0 Å². The Morgan fingerprint density at radius 1 is 0.971 bits per heavy atom. The summed E-state index contributed by atoms with van der Waals surface area (Å²) in [5, 5.41) is 2.93. The number of fused-ring (bicyclic) bond motifs is 1. The Kier molecular flexibility index (Phi) is 14.7. The highest BCUT2D eigenvalue weighted by atomic mass is 35.5. The van der Waals surface area contributed by atoms with E-state index in [0.29, 0.717) is 18.7 Å². The van der Waals surface area contributed by atoms with Crippen molar-refractivity contribution in [1.82, 2.24) is 20.2 Å². The first kappa shape index (κ1) is 31.0. The van der Waals surface area contributed by atoms with Crippen molar-refractivity contribution in [1.29, 1.82) is 0 Å². The second-order valence-electron chi connectivity index (χ2n) is 7.71. The number of carbonyl (C=O) groups is 1. The number of benzene rings is 1. The van der Waals surface area contributed by atoms with Crippen LogP contribution in [0.3, 0.4) is 0 Å². The largest absolute Gasteiger partial charge is 0.494 e. The van der Waals surface area contributed by atoms with E-state index in [1.807, 2.05) is 42.9 Å². The van der Waals surface area contributed by atoms with Gasteiger partial charge in [-0.3, -0.25) is 19.7 Å². The normalized spacial score (nSPS) is 12.2. The van der Waals surface area contributed by atoms with Crippen molar-refractivity contribution in [2.24, 2.45) is 0 Å². The van der Waals surface area contributed by atoms with Crippen LogP contribution in [0.15, 0.2) is 72.1 Å². The molecule has 35 heavy (non-hydrogen) atoms. The standard InChI is InChI=1S/C25H28N4O2S.3ClH/c30-25-23-17-22(4-5-24(23)32-16-12-28-25)31-15-2-13-29(19-21-6-10-26-11-7-21)14-8-20-3-1-9-27-18-20;;;/h1,3-7,9-11,17-18H,2,8,12-16,19H2,(H,28,30);3*1H. The second kappa shape index (κ2) is 16.6. The number of halogens is 3. The summed E-state index contributed by atoms with van der Waals surface area (Å²) in [7, 11) is 0. The number of thioether (sulfide) groups is 1. The zero-order chi connectivity index (χ0) is 22.0. The van der Waals surface area contributed by atoms with Crippen molar-refractivity contribution in [3.05, 3.63) is 83.9 Å². The summed E-state index contributed by atoms with van der Waals surface area (Å²) in [5.41, 5.74) is 3.20. The molecule has 0 radical (unpaired) electrons. The van der Waals surface area contributed by atoms with Crippen molar-refractivity contribution in [3.63, 3.8) is 0 Å². The summed E-state index contributed by atoms with van der Waals surface area (Å²) in [6, 6.07) is 14.0. The molecule has 4 rings (SSSR count). The lowest BCUT2D eigenvalue weighted by molar-refractivity contribution is 0.0954. The van der Waals surface area contributed by atoms with Crippen molar-refractivity contribution >= 4 is 54.9 Å². The van der Waals surface area contributed by atoms with Crippen molar-refractivity contribution in [2.75, 3.05) is 32.0 Å². The first-order chi connectivity index (χ1) is 15.8. The van der Waals surface area contributed by atoms with Gasteiger partial charge in [0, 0.05) is 61.6 Å². The number of hydrogen-bond acceptors (Lipinski definition) is 6. The third kappa shape index (κ3) is 9.86. The van der Waals surface area contributed by atoms with Gasteiger partial charge in [-0.05, 0) is 60.4 Å². The van der Waals surface area contributed by atoms with Gasteiger partial charge in [0.2, 0.25) is 0 Å². The maximum Gasteiger partial charge on any atom is 0.252 e. The highest BCUT2D eigenvalue weighted by Crippen LogP contribution is 2.28. The zero-order valence-electron chi connectivity index (χ0n) is 19.3. The number of amides is 1. The predicted octanol–water partition coefficient (Wildman–Crippen LogP) is 5.09. The molecular formula is C25H31Cl3N4O2S. The van der Waals surface area contributed by atoms with E-state index in [2.05, 4.69) is 38.4 Å². The number of aromatic nitrogens is 2. The fourth-order valence-corrected chi connectivity index (χ4v) is 4.55. The molecular weight excluding hydrogens is 527 g/mol. The molecule has 1 amide bonds. The lowest BCUT2D eigenvalue weighted by atomic mass is 10.2. The summed E-state index contributed by atoms with van der Waals surface area (Å²) in [6.07, 6.45) is 9.27. The average Bonchev–Trinajstić information content (AvgIpc) is 3.02. The van der Waals surface area contributed by atoms with Gasteiger partial charge < -0.3 is 10.1 Å². The molecule has 0 atom stereocenters. The maximum absolute atomic E-state index is 12.2. The van der Waals surface area contributed by atoms with Gasteiger partial charge in [-0.15, -0.1) is 49.0 Å². The van der Waals surface area contributed by atoms with Gasteiger partial charge in [0.05, 0.1) is 12.2 Å². The molecule has 1 aliphatic heterocycles. The summed E-state index contributed by atoms with van der Waals surface area (Å²) in [5.74, 6) is 1.62. The van der Waals surface area contributed by atoms with Crippen LogP contribution in [0, 0.1) is 0 Å². The molecule has 2 aromatic heterocycles. The molecule has 0 fully saturated rings. The van der Waals surface area contributed by atoms with Crippen LogP contribution >= 0.6 is 49.0 Å². The van der Waals surface area contributed by atoms with Crippen LogP contribution in [-0.2, 0) is 13.0 Å². The minimum Gasteiger partial charge on any atom is -0.494 e. The molecule has 1 N–H and O–H groups in total. The molecule has 6 nitrogen and oxygen atoms in total. The van der Waals surface area contributed by atoms with Crippen LogP contribution in [0.25, 0.3) is 0 Å². The molecule has 0 unspecified atom stereocenters. The Morgan fingerprint density at radius 2 is 1.80 bits per heavy atom. The molecule has 0 saturated carbocycles. The zero-order valence-corrected chi connectivity index (χ0v) is 22.6. The van der Waals surface area contributed by atoms with E-state index in [-0.39, 0.29) is 43.1 Å². The van der Waals surface area contributed by atoms with E-state index in [1.54, 1.807) is 18.0 Å². The third-order valence-corrected chi connectivity index (χ3v) is 6.40. The molecule has 0 aliphatic carbocycles. The monoisotopic (exact) mass is 556 g/mol. The van der Waals surface area contributed by atoms with E-state index < -0.39 is 0 Å². The first-order valence-corrected chi connectivity index (χ1v) is 11.9. The van der Waals surface area contributed by atoms with Gasteiger partial charge in [-0.1, -0.05) is 6.07 Å². The summed E-state index contributed by atoms with van der Waals surface area (Å²) < 4.78 is 5.99. The quantitative estimate of drug-likeness (QED) is 0.350. The Balaban J connectivity index is 0.00000204. The Bertz CT molecular complexity index is 1020. The van der Waals surface area contributed by atoms with Gasteiger partial charge in [-0.2, -0.15) is 0 Å². The highest BCUT2D eigenvalue weighted by Gasteiger charge is 2.16. The summed E-state index contributed by atoms with van der Waals surface area (Å²) in [6.45, 7) is 4.04. The second-order valence-corrected chi connectivity index (χ2v) is 8.84. The lowest BCUT2D eigenvalue weighted by Gasteiger charge is -2.22. The summed E-state index contributed by atoms with van der Waals surface area (Å²) in [4.78, 5) is 24.0. The van der Waals surface area contributed by atoms with Crippen LogP contribution in [0.1, 0.15) is 27.9 Å². The average molecular weight is 558 g/mol. The smallest absolute Gasteiger partial charge is 0.252 e. The number of nitrogens with zero attached hydrogens (tertiary/aromatic N) is 3. The van der Waals surface area contributed by atoms with Gasteiger partial charge in [0.15, 0.2) is 0 Å². The van der Waals surface area contributed by atoms with E-state index in [9.17, 15) is 4.79 Å². The molecule has 0 bridgehead atoms. The topological polar surface area (TPSA) is 67.3 Å². The van der Waals surface area contributed by atoms with E-state index in [1.165, 1.54) is 11.1 Å². The first-order valence-electron chi connectivity index (χ1n) is 11.0. The fraction of sp³-hybridized carbons (Fsp3) is 0.320. The van der Waals surface area contributed by atoms with Crippen LogP contribution < -0.4 is 10.1 Å². The molecule has 3 heterocycles. The minimum absolute atomic E-state index is 0.